The van der Waals surface area contributed by atoms with E-state index in [2.05, 4.69) is 18.8 Å². The summed E-state index contributed by atoms with van der Waals surface area (Å²) in [4.78, 5) is 14.9. The molecule has 5 heteroatoms. The first-order valence-corrected chi connectivity index (χ1v) is 5.89. The first kappa shape index (κ1) is 12.3. The fourth-order valence-electron chi connectivity index (χ4n) is 0.936. The van der Waals surface area contributed by atoms with Crippen LogP contribution in [0.5, 0.6) is 0 Å². The molecule has 0 atom stereocenters. The minimum absolute atomic E-state index is 0.109. The highest BCUT2D eigenvalue weighted by Gasteiger charge is 2.13. The molecule has 0 unspecified atom stereocenters. The molecule has 0 aromatic carbocycles. The van der Waals surface area contributed by atoms with Crippen LogP contribution < -0.4 is 0 Å². The average molecular weight is 246 g/mol. The number of pyridine rings is 1. The van der Waals surface area contributed by atoms with Gasteiger partial charge in [0.2, 0.25) is 0 Å². The molecule has 0 saturated carbocycles. The Morgan fingerprint density at radius 3 is 2.87 bits per heavy atom. The van der Waals surface area contributed by atoms with Gasteiger partial charge in [0.1, 0.15) is 5.03 Å². The first-order chi connectivity index (χ1) is 7.02. The lowest BCUT2D eigenvalue weighted by molar-refractivity contribution is 0.0696. The monoisotopic (exact) mass is 245 g/mol. The highest BCUT2D eigenvalue weighted by atomic mass is 35.5. The lowest BCUT2D eigenvalue weighted by Gasteiger charge is -2.06. The summed E-state index contributed by atoms with van der Waals surface area (Å²) in [6.07, 6.45) is 1.47. The molecule has 0 aliphatic carbocycles. The van der Waals surface area contributed by atoms with E-state index in [-0.39, 0.29) is 10.6 Å². The van der Waals surface area contributed by atoms with Crippen LogP contribution in [0.25, 0.3) is 0 Å². The van der Waals surface area contributed by atoms with Gasteiger partial charge in [0.15, 0.2) is 0 Å². The molecule has 1 aromatic rings. The Morgan fingerprint density at radius 1 is 1.67 bits per heavy atom. The SMILES string of the molecule is CC(C)CSc1nccc(C(=O)O)c1Cl. The number of rotatable bonds is 4. The van der Waals surface area contributed by atoms with Crippen molar-refractivity contribution in [3.05, 3.63) is 22.8 Å². The second-order valence-electron chi connectivity index (χ2n) is 3.49. The van der Waals surface area contributed by atoms with E-state index in [1.54, 1.807) is 0 Å². The van der Waals surface area contributed by atoms with Crippen LogP contribution in [0.2, 0.25) is 5.02 Å². The van der Waals surface area contributed by atoms with E-state index in [1.165, 1.54) is 24.0 Å². The van der Waals surface area contributed by atoms with Gasteiger partial charge in [-0.05, 0) is 12.0 Å². The molecular weight excluding hydrogens is 234 g/mol. The van der Waals surface area contributed by atoms with Crippen LogP contribution in [0.1, 0.15) is 24.2 Å². The Labute approximate surface area is 97.9 Å². The molecule has 1 N–H and O–H groups in total. The highest BCUT2D eigenvalue weighted by molar-refractivity contribution is 7.99. The second-order valence-corrected chi connectivity index (χ2v) is 4.87. The van der Waals surface area contributed by atoms with Gasteiger partial charge in [-0.2, -0.15) is 0 Å². The number of thioether (sulfide) groups is 1. The van der Waals surface area contributed by atoms with Crippen molar-refractivity contribution in [1.29, 1.82) is 0 Å². The maximum atomic E-state index is 10.8. The lowest BCUT2D eigenvalue weighted by Crippen LogP contribution is -2.00. The van der Waals surface area contributed by atoms with Crippen molar-refractivity contribution in [2.24, 2.45) is 5.92 Å². The number of halogens is 1. The Morgan fingerprint density at radius 2 is 2.33 bits per heavy atom. The minimum atomic E-state index is -1.02. The molecule has 0 radical (unpaired) electrons. The van der Waals surface area contributed by atoms with Crippen molar-refractivity contribution < 1.29 is 9.90 Å². The van der Waals surface area contributed by atoms with E-state index in [0.717, 1.165) is 5.75 Å². The normalized spacial score (nSPS) is 10.7. The van der Waals surface area contributed by atoms with Crippen LogP contribution in [0.3, 0.4) is 0 Å². The largest absolute Gasteiger partial charge is 0.478 e. The number of hydrogen-bond acceptors (Lipinski definition) is 3. The standard InChI is InChI=1S/C10H12ClNO2S/c1-6(2)5-15-9-8(11)7(10(13)14)3-4-12-9/h3-4,6H,5H2,1-2H3,(H,13,14). The molecule has 0 saturated heterocycles. The fourth-order valence-corrected chi connectivity index (χ4v) is 2.16. The predicted molar refractivity (Wildman–Crippen MR) is 61.8 cm³/mol. The van der Waals surface area contributed by atoms with Crippen molar-refractivity contribution >= 4 is 29.3 Å². The van der Waals surface area contributed by atoms with Gasteiger partial charge in [-0.15, -0.1) is 11.8 Å². The third-order valence-corrected chi connectivity index (χ3v) is 3.55. The Kier molecular flexibility index (Phi) is 4.42. The van der Waals surface area contributed by atoms with Gasteiger partial charge in [0, 0.05) is 11.9 Å². The van der Waals surface area contributed by atoms with Crippen LogP contribution in [0.4, 0.5) is 0 Å². The second kappa shape index (κ2) is 5.37. The number of aromatic nitrogens is 1. The smallest absolute Gasteiger partial charge is 0.337 e. The number of carboxylic acids is 1. The molecule has 0 bridgehead atoms. The summed E-state index contributed by atoms with van der Waals surface area (Å²) in [6, 6.07) is 1.41. The topological polar surface area (TPSA) is 50.2 Å². The third kappa shape index (κ3) is 3.39. The molecule has 0 amide bonds. The van der Waals surface area contributed by atoms with Gasteiger partial charge < -0.3 is 5.11 Å². The van der Waals surface area contributed by atoms with E-state index < -0.39 is 5.97 Å². The van der Waals surface area contributed by atoms with Gasteiger partial charge in [0.05, 0.1) is 10.6 Å². The number of hydrogen-bond donors (Lipinski definition) is 1. The Hall–Kier alpha value is -0.740. The lowest BCUT2D eigenvalue weighted by atomic mass is 10.3. The molecule has 1 heterocycles. The van der Waals surface area contributed by atoms with Gasteiger partial charge in [0.25, 0.3) is 0 Å². The minimum Gasteiger partial charge on any atom is -0.478 e. The summed E-state index contributed by atoms with van der Waals surface area (Å²) >= 11 is 7.40. The molecule has 1 rings (SSSR count). The summed E-state index contributed by atoms with van der Waals surface area (Å²) in [7, 11) is 0. The van der Waals surface area contributed by atoms with Gasteiger partial charge in [-0.1, -0.05) is 25.4 Å². The van der Waals surface area contributed by atoms with E-state index in [1.807, 2.05) is 0 Å². The zero-order valence-corrected chi connectivity index (χ0v) is 10.1. The number of aromatic carboxylic acids is 1. The maximum Gasteiger partial charge on any atom is 0.337 e. The number of carbonyl (C=O) groups is 1. The van der Waals surface area contributed by atoms with Crippen molar-refractivity contribution in [2.45, 2.75) is 18.9 Å². The first-order valence-electron chi connectivity index (χ1n) is 4.53. The predicted octanol–water partition coefficient (Wildman–Crippen LogP) is 3.18. The van der Waals surface area contributed by atoms with Crippen LogP contribution >= 0.6 is 23.4 Å². The van der Waals surface area contributed by atoms with Crippen LogP contribution in [0.15, 0.2) is 17.3 Å². The molecular formula is C10H12ClNO2S. The molecule has 1 aromatic heterocycles. The van der Waals surface area contributed by atoms with Gasteiger partial charge >= 0.3 is 5.97 Å². The van der Waals surface area contributed by atoms with Crippen molar-refractivity contribution in [3.63, 3.8) is 0 Å². The van der Waals surface area contributed by atoms with E-state index in [4.69, 9.17) is 16.7 Å². The van der Waals surface area contributed by atoms with E-state index >= 15 is 0 Å². The summed E-state index contributed by atoms with van der Waals surface area (Å²) in [5, 5.41) is 9.67. The molecule has 0 fully saturated rings. The molecule has 0 spiro atoms. The number of carboxylic acid groups (broad SMARTS) is 1. The summed E-state index contributed by atoms with van der Waals surface area (Å²) < 4.78 is 0. The number of nitrogens with zero attached hydrogens (tertiary/aromatic N) is 1. The summed E-state index contributed by atoms with van der Waals surface area (Å²) in [5.41, 5.74) is 0.109. The van der Waals surface area contributed by atoms with Crippen molar-refractivity contribution in [3.8, 4) is 0 Å². The van der Waals surface area contributed by atoms with Crippen molar-refractivity contribution in [2.75, 3.05) is 5.75 Å². The van der Waals surface area contributed by atoms with Gasteiger partial charge in [-0.25, -0.2) is 9.78 Å². The summed E-state index contributed by atoms with van der Waals surface area (Å²) in [5.74, 6) is 0.366. The zero-order chi connectivity index (χ0) is 11.4. The highest BCUT2D eigenvalue weighted by Crippen LogP contribution is 2.28. The van der Waals surface area contributed by atoms with Crippen LogP contribution in [-0.2, 0) is 0 Å². The molecule has 3 nitrogen and oxygen atoms in total. The molecule has 82 valence electrons. The zero-order valence-electron chi connectivity index (χ0n) is 8.53. The van der Waals surface area contributed by atoms with E-state index in [0.29, 0.717) is 10.9 Å². The Balaban J connectivity index is 2.89. The molecule has 0 aliphatic heterocycles. The Bertz CT molecular complexity index is 368. The fraction of sp³-hybridized carbons (Fsp3) is 0.400. The van der Waals surface area contributed by atoms with Crippen LogP contribution in [0, 0.1) is 5.92 Å². The average Bonchev–Trinajstić information content (AvgIpc) is 2.15. The van der Waals surface area contributed by atoms with Crippen LogP contribution in [-0.4, -0.2) is 21.8 Å². The quantitative estimate of drug-likeness (QED) is 0.828. The van der Waals surface area contributed by atoms with Gasteiger partial charge in [-0.3, -0.25) is 0 Å². The maximum absolute atomic E-state index is 10.8. The van der Waals surface area contributed by atoms with E-state index in [9.17, 15) is 4.79 Å². The molecule has 0 aliphatic rings. The third-order valence-electron chi connectivity index (χ3n) is 1.64. The summed E-state index contributed by atoms with van der Waals surface area (Å²) in [6.45, 7) is 4.17. The molecule has 15 heavy (non-hydrogen) atoms. The van der Waals surface area contributed by atoms with Crippen molar-refractivity contribution in [1.82, 2.24) is 4.98 Å².